The highest BCUT2D eigenvalue weighted by molar-refractivity contribution is 7.80. The third kappa shape index (κ3) is 4.29. The van der Waals surface area contributed by atoms with Gasteiger partial charge in [0.15, 0.2) is 10.2 Å². The predicted molar refractivity (Wildman–Crippen MR) is 107 cm³/mol. The van der Waals surface area contributed by atoms with E-state index in [4.69, 9.17) is 12.2 Å². The molecule has 0 bridgehead atoms. The first-order valence-corrected chi connectivity index (χ1v) is 9.02. The molecule has 126 valence electrons. The van der Waals surface area contributed by atoms with E-state index < -0.39 is 0 Å². The zero-order valence-corrected chi connectivity index (χ0v) is 15.5. The molecule has 0 aliphatic carbocycles. The van der Waals surface area contributed by atoms with Gasteiger partial charge in [0, 0.05) is 16.5 Å². The molecular formula is C19H17N3OS2. The van der Waals surface area contributed by atoms with Crippen molar-refractivity contribution in [2.45, 2.75) is 13.8 Å². The summed E-state index contributed by atoms with van der Waals surface area (Å²) in [5.74, 6) is -0.236. The highest BCUT2D eigenvalue weighted by Crippen LogP contribution is 2.24. The highest BCUT2D eigenvalue weighted by atomic mass is 32.1. The minimum absolute atomic E-state index is 0.234. The van der Waals surface area contributed by atoms with E-state index in [0.717, 1.165) is 22.4 Å². The van der Waals surface area contributed by atoms with Crippen LogP contribution in [0.3, 0.4) is 0 Å². The minimum atomic E-state index is -0.236. The summed E-state index contributed by atoms with van der Waals surface area (Å²) in [4.78, 5) is 16.8. The molecule has 0 aliphatic heterocycles. The second kappa shape index (κ2) is 7.55. The Hall–Kier alpha value is -2.57. The molecule has 1 heterocycles. The molecule has 1 aromatic heterocycles. The van der Waals surface area contributed by atoms with E-state index in [1.165, 1.54) is 11.3 Å². The summed E-state index contributed by atoms with van der Waals surface area (Å²) in [6, 6.07) is 15.5. The Morgan fingerprint density at radius 2 is 1.84 bits per heavy atom. The zero-order valence-electron chi connectivity index (χ0n) is 13.9. The highest BCUT2D eigenvalue weighted by Gasteiger charge is 2.10. The van der Waals surface area contributed by atoms with Crippen LogP contribution in [0.2, 0.25) is 0 Å². The van der Waals surface area contributed by atoms with Crippen molar-refractivity contribution in [1.82, 2.24) is 10.3 Å². The van der Waals surface area contributed by atoms with Gasteiger partial charge in [0.05, 0.1) is 5.69 Å². The molecule has 3 rings (SSSR count). The Bertz CT molecular complexity index is 919. The zero-order chi connectivity index (χ0) is 17.8. The largest absolute Gasteiger partial charge is 0.308 e. The lowest BCUT2D eigenvalue weighted by atomic mass is 10.1. The van der Waals surface area contributed by atoms with Crippen molar-refractivity contribution in [3.63, 3.8) is 0 Å². The summed E-state index contributed by atoms with van der Waals surface area (Å²) in [5.41, 5.74) is 4.71. The molecule has 25 heavy (non-hydrogen) atoms. The first-order valence-electron chi connectivity index (χ1n) is 7.73. The van der Waals surface area contributed by atoms with Crippen LogP contribution in [-0.4, -0.2) is 16.0 Å². The van der Waals surface area contributed by atoms with Gasteiger partial charge in [-0.1, -0.05) is 36.4 Å². The number of thiazole rings is 1. The number of amides is 1. The standard InChI is InChI=1S/C19H17N3OS2/c1-12-8-9-15(10-13(12)2)17(23)21-18(24)22-19-20-16(11-25-19)14-6-4-3-5-7-14/h3-11H,1-2H3,(H2,20,21,22,23,24). The third-order valence-corrected chi connectivity index (χ3v) is 4.75. The summed E-state index contributed by atoms with van der Waals surface area (Å²) < 4.78 is 0. The number of carbonyl (C=O) groups is 1. The predicted octanol–water partition coefficient (Wildman–Crippen LogP) is 4.55. The summed E-state index contributed by atoms with van der Waals surface area (Å²) in [6.45, 7) is 3.99. The van der Waals surface area contributed by atoms with Crippen LogP contribution >= 0.6 is 23.6 Å². The van der Waals surface area contributed by atoms with E-state index in [1.807, 2.05) is 61.7 Å². The maximum absolute atomic E-state index is 12.3. The topological polar surface area (TPSA) is 54.0 Å². The second-order valence-electron chi connectivity index (χ2n) is 5.61. The molecule has 0 saturated carbocycles. The lowest BCUT2D eigenvalue weighted by molar-refractivity contribution is 0.0977. The molecule has 0 radical (unpaired) electrons. The van der Waals surface area contributed by atoms with Crippen LogP contribution in [0.25, 0.3) is 11.3 Å². The van der Waals surface area contributed by atoms with E-state index in [2.05, 4.69) is 15.6 Å². The molecule has 2 N–H and O–H groups in total. The van der Waals surface area contributed by atoms with Gasteiger partial charge in [-0.15, -0.1) is 11.3 Å². The SMILES string of the molecule is Cc1ccc(C(=O)NC(=S)Nc2nc(-c3ccccc3)cs2)cc1C. The summed E-state index contributed by atoms with van der Waals surface area (Å²) >= 11 is 6.66. The number of aryl methyl sites for hydroxylation is 2. The monoisotopic (exact) mass is 367 g/mol. The molecule has 6 heteroatoms. The molecule has 0 fully saturated rings. The van der Waals surface area contributed by atoms with Crippen LogP contribution in [0.15, 0.2) is 53.9 Å². The number of thiocarbonyl (C=S) groups is 1. The Kier molecular flexibility index (Phi) is 5.21. The number of anilines is 1. The second-order valence-corrected chi connectivity index (χ2v) is 6.88. The van der Waals surface area contributed by atoms with E-state index in [-0.39, 0.29) is 11.0 Å². The van der Waals surface area contributed by atoms with E-state index >= 15 is 0 Å². The lowest BCUT2D eigenvalue weighted by Gasteiger charge is -2.08. The fraction of sp³-hybridized carbons (Fsp3) is 0.105. The lowest BCUT2D eigenvalue weighted by Crippen LogP contribution is -2.34. The van der Waals surface area contributed by atoms with Gasteiger partial charge in [0.2, 0.25) is 0 Å². The van der Waals surface area contributed by atoms with Gasteiger partial charge in [0.1, 0.15) is 0 Å². The van der Waals surface area contributed by atoms with Crippen molar-refractivity contribution in [2.75, 3.05) is 5.32 Å². The number of nitrogens with one attached hydrogen (secondary N) is 2. The number of carbonyl (C=O) groups excluding carboxylic acids is 1. The number of benzene rings is 2. The van der Waals surface area contributed by atoms with Crippen LogP contribution in [0.5, 0.6) is 0 Å². The van der Waals surface area contributed by atoms with Crippen molar-refractivity contribution in [1.29, 1.82) is 0 Å². The smallest absolute Gasteiger partial charge is 0.257 e. The quantitative estimate of drug-likeness (QED) is 0.667. The molecule has 4 nitrogen and oxygen atoms in total. The van der Waals surface area contributed by atoms with E-state index in [1.54, 1.807) is 6.07 Å². The molecule has 0 saturated heterocycles. The van der Waals surface area contributed by atoms with Crippen molar-refractivity contribution >= 4 is 39.7 Å². The van der Waals surface area contributed by atoms with Crippen LogP contribution in [-0.2, 0) is 0 Å². The molecular weight excluding hydrogens is 350 g/mol. The molecule has 0 spiro atoms. The Balaban J connectivity index is 1.64. The van der Waals surface area contributed by atoms with E-state index in [0.29, 0.717) is 10.7 Å². The molecule has 1 amide bonds. The van der Waals surface area contributed by atoms with Gasteiger partial charge in [-0.3, -0.25) is 10.1 Å². The van der Waals surface area contributed by atoms with Gasteiger partial charge in [-0.25, -0.2) is 4.98 Å². The van der Waals surface area contributed by atoms with Gasteiger partial charge in [-0.05, 0) is 49.3 Å². The summed E-state index contributed by atoms with van der Waals surface area (Å²) in [7, 11) is 0. The van der Waals surface area contributed by atoms with Crippen LogP contribution in [0.1, 0.15) is 21.5 Å². The Labute approximate surface area is 155 Å². The fourth-order valence-electron chi connectivity index (χ4n) is 2.26. The summed E-state index contributed by atoms with van der Waals surface area (Å²) in [6.07, 6.45) is 0. The number of rotatable bonds is 3. The average molecular weight is 367 g/mol. The Morgan fingerprint density at radius 3 is 2.56 bits per heavy atom. The average Bonchev–Trinajstić information content (AvgIpc) is 3.06. The van der Waals surface area contributed by atoms with Crippen LogP contribution in [0.4, 0.5) is 5.13 Å². The van der Waals surface area contributed by atoms with Crippen LogP contribution < -0.4 is 10.6 Å². The van der Waals surface area contributed by atoms with Gasteiger partial charge < -0.3 is 5.32 Å². The fourth-order valence-corrected chi connectivity index (χ4v) is 3.24. The van der Waals surface area contributed by atoms with Gasteiger partial charge in [0.25, 0.3) is 5.91 Å². The van der Waals surface area contributed by atoms with Gasteiger partial charge >= 0.3 is 0 Å². The van der Waals surface area contributed by atoms with E-state index in [9.17, 15) is 4.79 Å². The minimum Gasteiger partial charge on any atom is -0.308 e. The Morgan fingerprint density at radius 1 is 1.08 bits per heavy atom. The molecule has 0 aliphatic rings. The van der Waals surface area contributed by atoms with Crippen LogP contribution in [0, 0.1) is 13.8 Å². The first kappa shape index (κ1) is 17.3. The number of aromatic nitrogens is 1. The molecule has 0 unspecified atom stereocenters. The maximum atomic E-state index is 12.3. The first-order chi connectivity index (χ1) is 12.0. The molecule has 2 aromatic carbocycles. The maximum Gasteiger partial charge on any atom is 0.257 e. The number of hydrogen-bond donors (Lipinski definition) is 2. The number of nitrogens with zero attached hydrogens (tertiary/aromatic N) is 1. The van der Waals surface area contributed by atoms with Gasteiger partial charge in [-0.2, -0.15) is 0 Å². The third-order valence-electron chi connectivity index (χ3n) is 3.79. The molecule has 3 aromatic rings. The normalized spacial score (nSPS) is 10.3. The van der Waals surface area contributed by atoms with Crippen molar-refractivity contribution in [3.05, 3.63) is 70.6 Å². The van der Waals surface area contributed by atoms with Crippen molar-refractivity contribution < 1.29 is 4.79 Å². The van der Waals surface area contributed by atoms with Crippen molar-refractivity contribution in [2.24, 2.45) is 0 Å². The van der Waals surface area contributed by atoms with Crippen molar-refractivity contribution in [3.8, 4) is 11.3 Å². The summed E-state index contributed by atoms with van der Waals surface area (Å²) in [5, 5.41) is 8.48. The molecule has 0 atom stereocenters. The number of hydrogen-bond acceptors (Lipinski definition) is 4.